The molecule has 1 amide bonds. The van der Waals surface area contributed by atoms with Gasteiger partial charge in [0.1, 0.15) is 0 Å². The van der Waals surface area contributed by atoms with Gasteiger partial charge in [-0.3, -0.25) is 9.78 Å². The molecule has 0 saturated heterocycles. The van der Waals surface area contributed by atoms with Crippen molar-refractivity contribution in [1.82, 2.24) is 10.3 Å². The number of pyridine rings is 1. The highest BCUT2D eigenvalue weighted by atomic mass is 16.1. The van der Waals surface area contributed by atoms with Crippen LogP contribution in [-0.4, -0.2) is 30.5 Å². The summed E-state index contributed by atoms with van der Waals surface area (Å²) in [7, 11) is 0. The van der Waals surface area contributed by atoms with Gasteiger partial charge in [0.2, 0.25) is 5.91 Å². The lowest BCUT2D eigenvalue weighted by Crippen LogP contribution is -2.30. The highest BCUT2D eigenvalue weighted by Gasteiger charge is 2.08. The smallest absolute Gasteiger partial charge is 0.224 e. The largest absolute Gasteiger partial charge is 0.372 e. The van der Waals surface area contributed by atoms with E-state index in [1.54, 1.807) is 6.20 Å². The van der Waals surface area contributed by atoms with Gasteiger partial charge in [0.25, 0.3) is 0 Å². The van der Waals surface area contributed by atoms with Crippen LogP contribution in [0, 0.1) is 0 Å². The summed E-state index contributed by atoms with van der Waals surface area (Å²) in [5, 5.41) is 4.10. The molecule has 4 nitrogen and oxygen atoms in total. The van der Waals surface area contributed by atoms with E-state index in [4.69, 9.17) is 0 Å². The first-order valence-electron chi connectivity index (χ1n) is 9.17. The van der Waals surface area contributed by atoms with Gasteiger partial charge >= 0.3 is 0 Å². The van der Waals surface area contributed by atoms with Crippen molar-refractivity contribution in [1.29, 1.82) is 0 Å². The summed E-state index contributed by atoms with van der Waals surface area (Å²) in [4.78, 5) is 19.0. The van der Waals surface area contributed by atoms with E-state index in [0.29, 0.717) is 13.0 Å². The summed E-state index contributed by atoms with van der Waals surface area (Å²) >= 11 is 0. The quantitative estimate of drug-likeness (QED) is 0.630. The van der Waals surface area contributed by atoms with Crippen molar-refractivity contribution in [3.8, 4) is 0 Å². The van der Waals surface area contributed by atoms with Crippen molar-refractivity contribution in [2.75, 3.05) is 24.5 Å². The third-order valence-corrected chi connectivity index (χ3v) is 4.50. The molecule has 1 heterocycles. The number of benzene rings is 2. The predicted octanol–water partition coefficient (Wildman–Crippen LogP) is 3.81. The van der Waals surface area contributed by atoms with Gasteiger partial charge in [-0.05, 0) is 37.1 Å². The van der Waals surface area contributed by atoms with Crippen LogP contribution < -0.4 is 10.2 Å². The minimum atomic E-state index is 0.0471. The highest BCUT2D eigenvalue weighted by molar-refractivity contribution is 5.87. The van der Waals surface area contributed by atoms with Crippen molar-refractivity contribution in [3.05, 3.63) is 72.4 Å². The number of hydrogen-bond donors (Lipinski definition) is 1. The molecule has 0 aliphatic rings. The number of amides is 1. The summed E-state index contributed by atoms with van der Waals surface area (Å²) in [5.74, 6) is 0.0471. The van der Waals surface area contributed by atoms with E-state index in [9.17, 15) is 4.79 Å². The molecule has 0 saturated carbocycles. The van der Waals surface area contributed by atoms with Gasteiger partial charge in [-0.15, -0.1) is 0 Å². The van der Waals surface area contributed by atoms with E-state index in [1.807, 2.05) is 36.4 Å². The van der Waals surface area contributed by atoms with Gasteiger partial charge in [-0.25, -0.2) is 0 Å². The molecule has 3 rings (SSSR count). The SMILES string of the molecule is CCN(CCCNC(=O)Cc1cccc2cccnc12)c1ccccc1. The maximum absolute atomic E-state index is 12.3. The van der Waals surface area contributed by atoms with Crippen molar-refractivity contribution < 1.29 is 4.79 Å². The number of hydrogen-bond acceptors (Lipinski definition) is 3. The van der Waals surface area contributed by atoms with E-state index in [0.717, 1.165) is 36.0 Å². The minimum absolute atomic E-state index is 0.0471. The average molecular weight is 347 g/mol. The molecule has 0 atom stereocenters. The summed E-state index contributed by atoms with van der Waals surface area (Å²) in [6.45, 7) is 4.72. The van der Waals surface area contributed by atoms with E-state index in [-0.39, 0.29) is 5.91 Å². The zero-order chi connectivity index (χ0) is 18.2. The van der Waals surface area contributed by atoms with Crippen LogP contribution in [0.5, 0.6) is 0 Å². The molecule has 1 N–H and O–H groups in total. The van der Waals surface area contributed by atoms with E-state index < -0.39 is 0 Å². The van der Waals surface area contributed by atoms with Crippen LogP contribution in [0.25, 0.3) is 10.9 Å². The summed E-state index contributed by atoms with van der Waals surface area (Å²) in [5.41, 5.74) is 3.11. The Balaban J connectivity index is 1.48. The maximum atomic E-state index is 12.3. The molecule has 0 aliphatic carbocycles. The molecule has 1 aromatic heterocycles. The second-order valence-electron chi connectivity index (χ2n) is 6.29. The Kier molecular flexibility index (Phi) is 6.20. The molecule has 0 aliphatic heterocycles. The number of carbonyl (C=O) groups is 1. The topological polar surface area (TPSA) is 45.2 Å². The summed E-state index contributed by atoms with van der Waals surface area (Å²) in [6, 6.07) is 20.3. The lowest BCUT2D eigenvalue weighted by Gasteiger charge is -2.23. The first-order chi connectivity index (χ1) is 12.8. The molecular weight excluding hydrogens is 322 g/mol. The average Bonchev–Trinajstić information content (AvgIpc) is 2.69. The van der Waals surface area contributed by atoms with Gasteiger partial charge < -0.3 is 10.2 Å². The lowest BCUT2D eigenvalue weighted by molar-refractivity contribution is -0.120. The van der Waals surface area contributed by atoms with Crippen LogP contribution in [0.2, 0.25) is 0 Å². The number of para-hydroxylation sites is 2. The number of fused-ring (bicyclic) bond motifs is 1. The number of nitrogens with zero attached hydrogens (tertiary/aromatic N) is 2. The van der Waals surface area contributed by atoms with E-state index >= 15 is 0 Å². The fourth-order valence-electron chi connectivity index (χ4n) is 3.15. The second-order valence-corrected chi connectivity index (χ2v) is 6.29. The first kappa shape index (κ1) is 17.9. The Hall–Kier alpha value is -2.88. The molecule has 4 heteroatoms. The van der Waals surface area contributed by atoms with Gasteiger partial charge in [0.05, 0.1) is 11.9 Å². The zero-order valence-corrected chi connectivity index (χ0v) is 15.2. The third kappa shape index (κ3) is 4.60. The molecule has 0 unspecified atom stereocenters. The number of nitrogens with one attached hydrogen (secondary N) is 1. The molecular formula is C22H25N3O. The Labute approximate surface area is 154 Å². The van der Waals surface area contributed by atoms with Crippen LogP contribution in [0.3, 0.4) is 0 Å². The molecule has 0 bridgehead atoms. The Bertz CT molecular complexity index is 843. The van der Waals surface area contributed by atoms with Crippen LogP contribution in [0.15, 0.2) is 66.9 Å². The number of rotatable bonds is 8. The van der Waals surface area contributed by atoms with Gasteiger partial charge in [-0.1, -0.05) is 42.5 Å². The van der Waals surface area contributed by atoms with Crippen LogP contribution in [-0.2, 0) is 11.2 Å². The molecule has 2 aromatic carbocycles. The third-order valence-electron chi connectivity index (χ3n) is 4.50. The standard InChI is InChI=1S/C22H25N3O/c1-2-25(20-12-4-3-5-13-20)16-8-15-23-21(26)17-19-10-6-9-18-11-7-14-24-22(18)19/h3-7,9-14H,2,8,15-17H2,1H3,(H,23,26). The fourth-order valence-corrected chi connectivity index (χ4v) is 3.15. The first-order valence-corrected chi connectivity index (χ1v) is 9.17. The van der Waals surface area contributed by atoms with Crippen LogP contribution in [0.4, 0.5) is 5.69 Å². The fraction of sp³-hybridized carbons (Fsp3) is 0.273. The number of carbonyl (C=O) groups excluding carboxylic acids is 1. The van der Waals surface area contributed by atoms with Crippen LogP contribution in [0.1, 0.15) is 18.9 Å². The van der Waals surface area contributed by atoms with Crippen LogP contribution >= 0.6 is 0 Å². The monoisotopic (exact) mass is 347 g/mol. The summed E-state index contributed by atoms with van der Waals surface area (Å²) < 4.78 is 0. The maximum Gasteiger partial charge on any atom is 0.224 e. The molecule has 3 aromatic rings. The molecule has 0 radical (unpaired) electrons. The Morgan fingerprint density at radius 1 is 1.04 bits per heavy atom. The predicted molar refractivity (Wildman–Crippen MR) is 107 cm³/mol. The highest BCUT2D eigenvalue weighted by Crippen LogP contribution is 2.16. The van der Waals surface area contributed by atoms with Gasteiger partial charge in [0.15, 0.2) is 0 Å². The number of aromatic nitrogens is 1. The van der Waals surface area contributed by atoms with E-state index in [1.165, 1.54) is 5.69 Å². The zero-order valence-electron chi connectivity index (χ0n) is 15.2. The Morgan fingerprint density at radius 3 is 2.65 bits per heavy atom. The van der Waals surface area contributed by atoms with Gasteiger partial charge in [-0.2, -0.15) is 0 Å². The van der Waals surface area contributed by atoms with Crippen molar-refractivity contribution in [2.45, 2.75) is 19.8 Å². The Morgan fingerprint density at radius 2 is 1.85 bits per heavy atom. The van der Waals surface area contributed by atoms with Crippen molar-refractivity contribution >= 4 is 22.5 Å². The van der Waals surface area contributed by atoms with E-state index in [2.05, 4.69) is 46.4 Å². The number of anilines is 1. The minimum Gasteiger partial charge on any atom is -0.372 e. The lowest BCUT2D eigenvalue weighted by atomic mass is 10.1. The van der Waals surface area contributed by atoms with Crippen molar-refractivity contribution in [2.24, 2.45) is 0 Å². The molecule has 134 valence electrons. The molecule has 0 spiro atoms. The summed E-state index contributed by atoms with van der Waals surface area (Å²) in [6.07, 6.45) is 3.06. The molecule has 26 heavy (non-hydrogen) atoms. The normalized spacial score (nSPS) is 10.7. The molecule has 0 fully saturated rings. The van der Waals surface area contributed by atoms with Gasteiger partial charge in [0, 0.05) is 36.9 Å². The second kappa shape index (κ2) is 8.99. The van der Waals surface area contributed by atoms with Crippen molar-refractivity contribution in [3.63, 3.8) is 0 Å².